The zero-order valence-electron chi connectivity index (χ0n) is 24.4. The highest BCUT2D eigenvalue weighted by molar-refractivity contribution is 14.1. The maximum absolute atomic E-state index is 13.4. The Hall–Kier alpha value is -2.68. The summed E-state index contributed by atoms with van der Waals surface area (Å²) in [7, 11) is -2.68. The van der Waals surface area contributed by atoms with Crippen LogP contribution in [0.5, 0.6) is 5.75 Å². The molecule has 6 heteroatoms. The molecule has 1 aliphatic heterocycles. The maximum Gasteiger partial charge on any atom is 0.261 e. The molecule has 1 fully saturated rings. The molecule has 3 aromatic carbocycles. The van der Waals surface area contributed by atoms with Gasteiger partial charge in [-0.1, -0.05) is 141 Å². The summed E-state index contributed by atoms with van der Waals surface area (Å²) < 4.78 is 14.5. The molecule has 6 rings (SSSR count). The van der Waals surface area contributed by atoms with E-state index in [1.54, 1.807) is 6.20 Å². The Morgan fingerprint density at radius 1 is 0.927 bits per heavy atom. The number of hydrogen-bond acceptors (Lipinski definition) is 3. The van der Waals surface area contributed by atoms with Crippen molar-refractivity contribution in [3.63, 3.8) is 0 Å². The molecule has 41 heavy (non-hydrogen) atoms. The van der Waals surface area contributed by atoms with Crippen LogP contribution in [0.15, 0.2) is 102 Å². The Kier molecular flexibility index (Phi) is 7.31. The summed E-state index contributed by atoms with van der Waals surface area (Å²) in [6.07, 6.45) is 1.80. The molecule has 0 bridgehead atoms. The van der Waals surface area contributed by atoms with Crippen LogP contribution in [0.1, 0.15) is 46.1 Å². The van der Waals surface area contributed by atoms with Crippen molar-refractivity contribution in [2.75, 3.05) is 6.61 Å². The van der Waals surface area contributed by atoms with Crippen LogP contribution in [0, 0.1) is 11.8 Å². The lowest BCUT2D eigenvalue weighted by molar-refractivity contribution is 0.108. The predicted molar refractivity (Wildman–Crippen MR) is 178 cm³/mol. The van der Waals surface area contributed by atoms with Gasteiger partial charge in [0.05, 0.1) is 9.49 Å². The number of nitrogens with one attached hydrogen (secondary N) is 1. The van der Waals surface area contributed by atoms with Crippen LogP contribution >= 0.6 is 22.6 Å². The lowest BCUT2D eigenvalue weighted by atomic mass is 9.83. The van der Waals surface area contributed by atoms with Crippen LogP contribution in [-0.4, -0.2) is 29.4 Å². The number of pyridine rings is 1. The molecule has 1 aliphatic carbocycles. The first-order chi connectivity index (χ1) is 19.6. The molecule has 4 nitrogen and oxygen atoms in total. The second kappa shape index (κ2) is 10.5. The Morgan fingerprint density at radius 3 is 2.00 bits per heavy atom. The van der Waals surface area contributed by atoms with Crippen molar-refractivity contribution >= 4 is 41.3 Å². The summed E-state index contributed by atoms with van der Waals surface area (Å²) in [5, 5.41) is 2.47. The summed E-state index contributed by atoms with van der Waals surface area (Å²) in [6.45, 7) is 12.1. The van der Waals surface area contributed by atoms with Crippen molar-refractivity contribution in [1.82, 2.24) is 4.98 Å². The van der Waals surface area contributed by atoms with Gasteiger partial charge in [0, 0.05) is 24.3 Å². The van der Waals surface area contributed by atoms with Crippen molar-refractivity contribution in [3.8, 4) is 16.9 Å². The van der Waals surface area contributed by atoms with E-state index >= 15 is 0 Å². The lowest BCUT2D eigenvalue weighted by Crippen LogP contribution is -2.67. The average Bonchev–Trinajstić information content (AvgIpc) is 3.38. The Bertz CT molecular complexity index is 1550. The smallest absolute Gasteiger partial charge is 0.261 e. The minimum absolute atomic E-state index is 0.0143. The molecular formula is C35H38INO3Si. The summed E-state index contributed by atoms with van der Waals surface area (Å²) >= 11 is 2.58. The van der Waals surface area contributed by atoms with E-state index in [4.69, 9.17) is 9.16 Å². The van der Waals surface area contributed by atoms with Gasteiger partial charge in [-0.25, -0.2) is 0 Å². The number of alkyl halides is 1. The zero-order valence-corrected chi connectivity index (χ0v) is 27.5. The number of halogens is 1. The van der Waals surface area contributed by atoms with Gasteiger partial charge >= 0.3 is 0 Å². The monoisotopic (exact) mass is 675 g/mol. The number of hydrogen-bond donors (Lipinski definition) is 1. The molecule has 0 spiro atoms. The second-order valence-electron chi connectivity index (χ2n) is 12.8. The highest BCUT2D eigenvalue weighted by atomic mass is 127. The molecular weight excluding hydrogens is 637 g/mol. The fraction of sp³-hybridized carbons (Fsp3) is 0.343. The highest BCUT2D eigenvalue weighted by Crippen LogP contribution is 2.61. The average molecular weight is 676 g/mol. The van der Waals surface area contributed by atoms with Crippen LogP contribution in [0.4, 0.5) is 0 Å². The highest BCUT2D eigenvalue weighted by Gasteiger charge is 2.63. The largest absolute Gasteiger partial charge is 0.485 e. The second-order valence-corrected chi connectivity index (χ2v) is 18.5. The maximum atomic E-state index is 13.4. The van der Waals surface area contributed by atoms with Crippen LogP contribution in [0.3, 0.4) is 0 Å². The van der Waals surface area contributed by atoms with E-state index in [9.17, 15) is 4.79 Å². The molecule has 2 aliphatic rings. The van der Waals surface area contributed by atoms with Gasteiger partial charge in [-0.15, -0.1) is 0 Å². The third-order valence-corrected chi connectivity index (χ3v) is 16.6. The van der Waals surface area contributed by atoms with Gasteiger partial charge in [0.15, 0.2) is 0 Å². The van der Waals surface area contributed by atoms with Crippen LogP contribution in [-0.2, 0) is 4.43 Å². The van der Waals surface area contributed by atoms with E-state index in [2.05, 4.69) is 135 Å². The normalized spacial score (nSPS) is 25.4. The molecule has 1 N–H and O–H groups in total. The molecule has 212 valence electrons. The van der Waals surface area contributed by atoms with E-state index < -0.39 is 13.9 Å². The van der Waals surface area contributed by atoms with E-state index in [0.29, 0.717) is 6.61 Å². The van der Waals surface area contributed by atoms with Crippen molar-refractivity contribution in [2.24, 2.45) is 11.8 Å². The molecule has 0 unspecified atom stereocenters. The fourth-order valence-electron chi connectivity index (χ4n) is 7.49. The van der Waals surface area contributed by atoms with Crippen LogP contribution in [0.2, 0.25) is 5.04 Å². The molecule has 5 atom stereocenters. The quantitative estimate of drug-likeness (QED) is 0.137. The number of fused-ring (bicyclic) bond motifs is 3. The predicted octanol–water partition coefficient (Wildman–Crippen LogP) is 6.92. The fourth-order valence-corrected chi connectivity index (χ4v) is 13.5. The van der Waals surface area contributed by atoms with Gasteiger partial charge < -0.3 is 14.1 Å². The van der Waals surface area contributed by atoms with E-state index in [1.165, 1.54) is 10.4 Å². The Balaban J connectivity index is 1.39. The molecule has 0 amide bonds. The third kappa shape index (κ3) is 4.45. The molecule has 0 radical (unpaired) electrons. The number of ether oxygens (including phenoxy) is 1. The van der Waals surface area contributed by atoms with Crippen molar-refractivity contribution in [2.45, 2.75) is 55.1 Å². The number of H-pyrrole nitrogens is 1. The number of aromatic nitrogens is 1. The first-order valence-electron chi connectivity index (χ1n) is 14.5. The van der Waals surface area contributed by atoms with Gasteiger partial charge in [0.2, 0.25) is 0 Å². The number of aromatic amines is 1. The molecule has 1 saturated carbocycles. The lowest BCUT2D eigenvalue weighted by Gasteiger charge is -2.44. The standard InChI is InChI=1S/C35H38INO3Si/c1-23-28(22-39-41(34(2,3)4,25-17-11-7-12-18-25)26-19-13-8-14-20-26)32(36)35(5)30(23)29-31(40-35)27(21-37-33(29)38)24-15-9-6-10-16-24/h6-21,23,28,30,32H,22H2,1-5H3,(H,37,38)/t23-,28-,30-,32+,35+/m0/s1. The van der Waals surface area contributed by atoms with Gasteiger partial charge in [0.1, 0.15) is 11.4 Å². The SMILES string of the molecule is C[C@H]1[C@H](CO[Si](c2ccccc2)(c2ccccc2)C(C)(C)C)[C@@H](I)[C@]2(C)Oc3c(-c4ccccc4)c[nH]c(=O)c3[C@H]12. The zero-order chi connectivity index (χ0) is 29.0. The Labute approximate surface area is 257 Å². The molecule has 0 saturated heterocycles. The van der Waals surface area contributed by atoms with E-state index in [1.807, 2.05) is 18.2 Å². The van der Waals surface area contributed by atoms with Gasteiger partial charge in [-0.3, -0.25) is 4.79 Å². The van der Waals surface area contributed by atoms with Gasteiger partial charge in [-0.05, 0) is 39.7 Å². The molecule has 2 heterocycles. The van der Waals surface area contributed by atoms with Gasteiger partial charge in [-0.2, -0.15) is 0 Å². The van der Waals surface area contributed by atoms with Crippen molar-refractivity contribution < 1.29 is 9.16 Å². The topological polar surface area (TPSA) is 51.3 Å². The van der Waals surface area contributed by atoms with Crippen LogP contribution in [0.25, 0.3) is 11.1 Å². The number of benzene rings is 3. The van der Waals surface area contributed by atoms with Gasteiger partial charge in [0.25, 0.3) is 13.9 Å². The summed E-state index contributed by atoms with van der Waals surface area (Å²) in [6, 6.07) is 31.8. The summed E-state index contributed by atoms with van der Waals surface area (Å²) in [5.41, 5.74) is 2.24. The minimum atomic E-state index is -2.68. The molecule has 1 aromatic heterocycles. The summed E-state index contributed by atoms with van der Waals surface area (Å²) in [4.78, 5) is 16.4. The molecule has 4 aromatic rings. The minimum Gasteiger partial charge on any atom is -0.485 e. The van der Waals surface area contributed by atoms with Crippen molar-refractivity contribution in [1.29, 1.82) is 0 Å². The Morgan fingerprint density at radius 2 is 1.46 bits per heavy atom. The first-order valence-corrected chi connectivity index (χ1v) is 17.6. The summed E-state index contributed by atoms with van der Waals surface area (Å²) in [5.74, 6) is 1.15. The van der Waals surface area contributed by atoms with Crippen molar-refractivity contribution in [3.05, 3.63) is 113 Å². The first kappa shape index (κ1) is 28.4. The van der Waals surface area contributed by atoms with E-state index in [0.717, 1.165) is 22.4 Å². The number of rotatable bonds is 6. The van der Waals surface area contributed by atoms with E-state index in [-0.39, 0.29) is 32.3 Å². The third-order valence-electron chi connectivity index (χ3n) is 9.45. The van der Waals surface area contributed by atoms with Crippen LogP contribution < -0.4 is 20.7 Å².